The van der Waals surface area contributed by atoms with Crippen LogP contribution in [0.2, 0.25) is 0 Å². The Balaban J connectivity index is 2.10. The van der Waals surface area contributed by atoms with Crippen molar-refractivity contribution in [1.29, 1.82) is 0 Å². The summed E-state index contributed by atoms with van der Waals surface area (Å²) in [7, 11) is 0. The molecule has 0 nitrogen and oxygen atoms in total. The highest BCUT2D eigenvalue weighted by molar-refractivity contribution is 9.10. The lowest BCUT2D eigenvalue weighted by atomic mass is 9.98. The molecule has 2 rings (SSSR count). The lowest BCUT2D eigenvalue weighted by Crippen LogP contribution is -2.10. The molecule has 1 fully saturated rings. The van der Waals surface area contributed by atoms with Gasteiger partial charge in [0.15, 0.2) is 0 Å². The summed E-state index contributed by atoms with van der Waals surface area (Å²) in [6.45, 7) is 0. The molecule has 1 aliphatic carbocycles. The Morgan fingerprint density at radius 2 is 2.20 bits per heavy atom. The minimum atomic E-state index is -0.195. The van der Waals surface area contributed by atoms with Gasteiger partial charge in [-0.25, -0.2) is 4.39 Å². The first-order valence-corrected chi connectivity index (χ1v) is 6.48. The molecule has 1 saturated carbocycles. The van der Waals surface area contributed by atoms with E-state index in [-0.39, 0.29) is 5.82 Å². The molecule has 1 aromatic rings. The SMILES string of the molecule is Fc1ccc(CC2CCCC2Cl)c(Br)c1. The van der Waals surface area contributed by atoms with E-state index in [9.17, 15) is 4.39 Å². The van der Waals surface area contributed by atoms with Crippen molar-refractivity contribution in [2.75, 3.05) is 0 Å². The first-order valence-electron chi connectivity index (χ1n) is 5.25. The topological polar surface area (TPSA) is 0 Å². The minimum absolute atomic E-state index is 0.195. The Hall–Kier alpha value is -0.0800. The quantitative estimate of drug-likeness (QED) is 0.702. The van der Waals surface area contributed by atoms with Crippen molar-refractivity contribution >= 4 is 27.5 Å². The maximum atomic E-state index is 12.9. The van der Waals surface area contributed by atoms with Crippen molar-refractivity contribution in [3.05, 3.63) is 34.1 Å². The highest BCUT2D eigenvalue weighted by Gasteiger charge is 2.25. The average molecular weight is 292 g/mol. The van der Waals surface area contributed by atoms with Crippen molar-refractivity contribution in [2.45, 2.75) is 31.1 Å². The number of hydrogen-bond acceptors (Lipinski definition) is 0. The molecule has 2 atom stereocenters. The molecule has 0 N–H and O–H groups in total. The average Bonchev–Trinajstić information content (AvgIpc) is 2.57. The predicted octanol–water partition coefficient (Wildman–Crippen LogP) is 4.54. The van der Waals surface area contributed by atoms with Gasteiger partial charge in [0.1, 0.15) is 5.82 Å². The summed E-state index contributed by atoms with van der Waals surface area (Å²) in [5, 5.41) is 0.293. The van der Waals surface area contributed by atoms with E-state index in [2.05, 4.69) is 15.9 Å². The highest BCUT2D eigenvalue weighted by Crippen LogP contribution is 2.34. The van der Waals surface area contributed by atoms with Crippen LogP contribution in [0.15, 0.2) is 22.7 Å². The lowest BCUT2D eigenvalue weighted by Gasteiger charge is -2.14. The van der Waals surface area contributed by atoms with Crippen LogP contribution in [0.5, 0.6) is 0 Å². The Bertz CT molecular complexity index is 353. The van der Waals surface area contributed by atoms with E-state index < -0.39 is 0 Å². The normalized spacial score (nSPS) is 25.8. The number of rotatable bonds is 2. The van der Waals surface area contributed by atoms with Crippen LogP contribution >= 0.6 is 27.5 Å². The van der Waals surface area contributed by atoms with Crippen LogP contribution in [0.3, 0.4) is 0 Å². The van der Waals surface area contributed by atoms with Gasteiger partial charge in [0.25, 0.3) is 0 Å². The molecular formula is C12H13BrClF. The van der Waals surface area contributed by atoms with Gasteiger partial charge in [-0.3, -0.25) is 0 Å². The van der Waals surface area contributed by atoms with Gasteiger partial charge < -0.3 is 0 Å². The second-order valence-electron chi connectivity index (χ2n) is 4.15. The molecule has 0 bridgehead atoms. The Morgan fingerprint density at radius 3 is 2.80 bits per heavy atom. The van der Waals surface area contributed by atoms with Crippen molar-refractivity contribution < 1.29 is 4.39 Å². The zero-order valence-corrected chi connectivity index (χ0v) is 10.7. The van der Waals surface area contributed by atoms with Crippen molar-refractivity contribution in [3.8, 4) is 0 Å². The zero-order valence-electron chi connectivity index (χ0n) is 8.35. The van der Waals surface area contributed by atoms with E-state index in [1.165, 1.54) is 25.0 Å². The van der Waals surface area contributed by atoms with Gasteiger partial charge in [0.2, 0.25) is 0 Å². The molecular weight excluding hydrogens is 278 g/mol. The predicted molar refractivity (Wildman–Crippen MR) is 64.8 cm³/mol. The summed E-state index contributed by atoms with van der Waals surface area (Å²) in [5.74, 6) is 0.355. The molecule has 0 radical (unpaired) electrons. The molecule has 0 aliphatic heterocycles. The van der Waals surface area contributed by atoms with Crippen LogP contribution < -0.4 is 0 Å². The first-order chi connectivity index (χ1) is 7.16. The number of halogens is 3. The molecule has 82 valence electrons. The standard InChI is InChI=1S/C12H13BrClF/c13-11-7-10(15)5-4-8(11)6-9-2-1-3-12(9)14/h4-5,7,9,12H,1-3,6H2. The molecule has 0 aromatic heterocycles. The van der Waals surface area contributed by atoms with Gasteiger partial charge in [0.05, 0.1) is 0 Å². The lowest BCUT2D eigenvalue weighted by molar-refractivity contribution is 0.550. The van der Waals surface area contributed by atoms with E-state index >= 15 is 0 Å². The fraction of sp³-hybridized carbons (Fsp3) is 0.500. The summed E-state index contributed by atoms with van der Waals surface area (Å²) >= 11 is 9.61. The summed E-state index contributed by atoms with van der Waals surface area (Å²) in [6, 6.07) is 4.88. The second-order valence-corrected chi connectivity index (χ2v) is 5.56. The highest BCUT2D eigenvalue weighted by atomic mass is 79.9. The molecule has 2 unspecified atom stereocenters. The van der Waals surface area contributed by atoms with Gasteiger partial charge in [-0.2, -0.15) is 0 Å². The van der Waals surface area contributed by atoms with Crippen LogP contribution in [0.25, 0.3) is 0 Å². The summed E-state index contributed by atoms with van der Waals surface area (Å²) in [4.78, 5) is 0. The number of benzene rings is 1. The Kier molecular flexibility index (Phi) is 3.68. The molecule has 1 aromatic carbocycles. The molecule has 3 heteroatoms. The van der Waals surface area contributed by atoms with Gasteiger partial charge in [-0.05, 0) is 42.9 Å². The number of hydrogen-bond donors (Lipinski definition) is 0. The van der Waals surface area contributed by atoms with E-state index in [4.69, 9.17) is 11.6 Å². The van der Waals surface area contributed by atoms with Crippen molar-refractivity contribution in [1.82, 2.24) is 0 Å². The summed E-state index contributed by atoms with van der Waals surface area (Å²) < 4.78 is 13.7. The van der Waals surface area contributed by atoms with Gasteiger partial charge in [-0.1, -0.05) is 28.4 Å². The van der Waals surface area contributed by atoms with E-state index in [1.807, 2.05) is 6.07 Å². The van der Waals surface area contributed by atoms with Crippen molar-refractivity contribution in [2.24, 2.45) is 5.92 Å². The van der Waals surface area contributed by atoms with Crippen molar-refractivity contribution in [3.63, 3.8) is 0 Å². The molecule has 0 saturated heterocycles. The Morgan fingerprint density at radius 1 is 1.40 bits per heavy atom. The van der Waals surface area contributed by atoms with Crippen LogP contribution in [0, 0.1) is 11.7 Å². The fourth-order valence-electron chi connectivity index (χ4n) is 2.19. The molecule has 0 heterocycles. The van der Waals surface area contributed by atoms with Crippen LogP contribution in [0.1, 0.15) is 24.8 Å². The molecule has 0 amide bonds. The third-order valence-electron chi connectivity index (χ3n) is 3.06. The smallest absolute Gasteiger partial charge is 0.124 e. The molecule has 1 aliphatic rings. The summed E-state index contributed by atoms with van der Waals surface area (Å²) in [6.07, 6.45) is 4.48. The maximum Gasteiger partial charge on any atom is 0.124 e. The third kappa shape index (κ3) is 2.73. The minimum Gasteiger partial charge on any atom is -0.207 e. The van der Waals surface area contributed by atoms with Gasteiger partial charge in [-0.15, -0.1) is 11.6 Å². The zero-order chi connectivity index (χ0) is 10.8. The summed E-state index contributed by atoms with van der Waals surface area (Å²) in [5.41, 5.74) is 1.16. The Labute approximate surface area is 103 Å². The van der Waals surface area contributed by atoms with Crippen LogP contribution in [0.4, 0.5) is 4.39 Å². The second kappa shape index (κ2) is 4.84. The van der Waals surface area contributed by atoms with Crippen LogP contribution in [-0.2, 0) is 6.42 Å². The monoisotopic (exact) mass is 290 g/mol. The van der Waals surface area contributed by atoms with E-state index in [0.717, 1.165) is 22.9 Å². The molecule has 0 spiro atoms. The van der Waals surface area contributed by atoms with Gasteiger partial charge >= 0.3 is 0 Å². The van der Waals surface area contributed by atoms with Gasteiger partial charge in [0, 0.05) is 9.85 Å². The van der Waals surface area contributed by atoms with E-state index in [0.29, 0.717) is 11.3 Å². The largest absolute Gasteiger partial charge is 0.207 e. The van der Waals surface area contributed by atoms with E-state index in [1.54, 1.807) is 0 Å². The third-order valence-corrected chi connectivity index (χ3v) is 4.38. The number of alkyl halides is 1. The molecule has 15 heavy (non-hydrogen) atoms. The fourth-order valence-corrected chi connectivity index (χ4v) is 3.07. The first kappa shape index (κ1) is 11.4. The van der Waals surface area contributed by atoms with Crippen LogP contribution in [-0.4, -0.2) is 5.38 Å². The maximum absolute atomic E-state index is 12.9.